The smallest absolute Gasteiger partial charge is 0.162 e. The molecule has 4 aromatic heterocycles. The number of rotatable bonds is 8. The number of aryl methyl sites for hydroxylation is 1. The van der Waals surface area contributed by atoms with Gasteiger partial charge in [0.2, 0.25) is 0 Å². The highest BCUT2D eigenvalue weighted by Crippen LogP contribution is 2.37. The third-order valence-electron chi connectivity index (χ3n) is 5.51. The number of nitrogens with zero attached hydrogens (tertiary/aromatic N) is 4. The van der Waals surface area contributed by atoms with E-state index in [0.717, 1.165) is 51.4 Å². The number of aromatic nitrogens is 5. The van der Waals surface area contributed by atoms with Crippen molar-refractivity contribution in [2.75, 3.05) is 11.9 Å². The molecule has 0 spiro atoms. The average Bonchev–Trinajstić information content (AvgIpc) is 3.50. The van der Waals surface area contributed by atoms with E-state index in [-0.39, 0.29) is 6.04 Å². The van der Waals surface area contributed by atoms with E-state index in [2.05, 4.69) is 51.0 Å². The molecule has 1 atom stereocenters. The normalized spacial score (nSPS) is 12.2. The van der Waals surface area contributed by atoms with Crippen molar-refractivity contribution in [3.63, 3.8) is 0 Å². The van der Waals surface area contributed by atoms with Crippen molar-refractivity contribution < 1.29 is 0 Å². The van der Waals surface area contributed by atoms with Crippen LogP contribution in [0.5, 0.6) is 0 Å². The molecule has 0 radical (unpaired) electrons. The fourth-order valence-corrected chi connectivity index (χ4v) is 4.71. The second-order valence-electron chi connectivity index (χ2n) is 7.92. The van der Waals surface area contributed by atoms with Crippen LogP contribution in [0.25, 0.3) is 32.9 Å². The maximum Gasteiger partial charge on any atom is 0.162 e. The summed E-state index contributed by atoms with van der Waals surface area (Å²) in [4.78, 5) is 13.9. The van der Waals surface area contributed by atoms with Gasteiger partial charge in [-0.1, -0.05) is 37.3 Å². The number of benzene rings is 1. The van der Waals surface area contributed by atoms with Gasteiger partial charge in [0.15, 0.2) is 5.82 Å². The van der Waals surface area contributed by atoms with Gasteiger partial charge in [0, 0.05) is 47.2 Å². The standard InChI is InChI=1S/C25H25N7S/c1-2-19-13-21(32-31-19)20-15-33-23-22(20)29-24(17-8-10-27-11-9-17)30-25(23)28-14-18(26)12-16-6-4-3-5-7-16/h3-11,13,15,18H,2,12,14,26H2,1H3,(H,31,32)(H,28,29,30). The van der Waals surface area contributed by atoms with Gasteiger partial charge in [0.1, 0.15) is 5.82 Å². The fraction of sp³-hybridized carbons (Fsp3) is 0.200. The molecule has 4 N–H and O–H groups in total. The fourth-order valence-electron chi connectivity index (χ4n) is 3.75. The van der Waals surface area contributed by atoms with Gasteiger partial charge in [0.05, 0.1) is 15.9 Å². The van der Waals surface area contributed by atoms with E-state index in [1.165, 1.54) is 5.56 Å². The molecule has 8 heteroatoms. The first kappa shape index (κ1) is 21.2. The molecule has 0 fully saturated rings. The van der Waals surface area contributed by atoms with Crippen LogP contribution < -0.4 is 11.1 Å². The van der Waals surface area contributed by atoms with Crippen molar-refractivity contribution in [3.05, 3.63) is 77.6 Å². The maximum atomic E-state index is 6.44. The van der Waals surface area contributed by atoms with Crippen LogP contribution in [-0.2, 0) is 12.8 Å². The number of pyridine rings is 1. The summed E-state index contributed by atoms with van der Waals surface area (Å²) in [6.45, 7) is 2.71. The Kier molecular flexibility index (Phi) is 6.10. The minimum Gasteiger partial charge on any atom is -0.367 e. The predicted octanol–water partition coefficient (Wildman–Crippen LogP) is 4.69. The van der Waals surface area contributed by atoms with Gasteiger partial charge in [-0.05, 0) is 36.6 Å². The molecule has 5 rings (SSSR count). The van der Waals surface area contributed by atoms with Crippen LogP contribution in [0.3, 0.4) is 0 Å². The Labute approximate surface area is 196 Å². The Hall–Kier alpha value is -3.62. The van der Waals surface area contributed by atoms with Crippen LogP contribution in [0.1, 0.15) is 18.2 Å². The molecule has 0 bridgehead atoms. The highest BCUT2D eigenvalue weighted by atomic mass is 32.1. The zero-order chi connectivity index (χ0) is 22.6. The monoisotopic (exact) mass is 455 g/mol. The van der Waals surface area contributed by atoms with E-state index in [0.29, 0.717) is 12.4 Å². The van der Waals surface area contributed by atoms with Crippen LogP contribution >= 0.6 is 11.3 Å². The zero-order valence-corrected chi connectivity index (χ0v) is 19.1. The summed E-state index contributed by atoms with van der Waals surface area (Å²) in [5.41, 5.74) is 12.4. The third kappa shape index (κ3) is 4.62. The summed E-state index contributed by atoms with van der Waals surface area (Å²) >= 11 is 1.62. The number of anilines is 1. The number of aromatic amines is 1. The molecule has 0 aliphatic rings. The first-order valence-corrected chi connectivity index (χ1v) is 11.9. The van der Waals surface area contributed by atoms with Crippen molar-refractivity contribution in [1.29, 1.82) is 0 Å². The number of thiophene rings is 1. The number of hydrogen-bond donors (Lipinski definition) is 3. The average molecular weight is 456 g/mol. The largest absolute Gasteiger partial charge is 0.367 e. The van der Waals surface area contributed by atoms with Crippen molar-refractivity contribution >= 4 is 27.4 Å². The molecule has 7 nitrogen and oxygen atoms in total. The second-order valence-corrected chi connectivity index (χ2v) is 8.80. The molecule has 1 aromatic carbocycles. The molecule has 166 valence electrons. The molecular weight excluding hydrogens is 430 g/mol. The van der Waals surface area contributed by atoms with E-state index in [4.69, 9.17) is 15.7 Å². The summed E-state index contributed by atoms with van der Waals surface area (Å²) in [5, 5.41) is 13.2. The lowest BCUT2D eigenvalue weighted by molar-refractivity contribution is 0.698. The maximum absolute atomic E-state index is 6.44. The molecule has 0 aliphatic heterocycles. The van der Waals surface area contributed by atoms with Gasteiger partial charge in [-0.3, -0.25) is 10.1 Å². The molecular formula is C25H25N7S. The summed E-state index contributed by atoms with van der Waals surface area (Å²) in [6.07, 6.45) is 5.20. The molecule has 0 amide bonds. The highest BCUT2D eigenvalue weighted by Gasteiger charge is 2.18. The summed E-state index contributed by atoms with van der Waals surface area (Å²) < 4.78 is 0.996. The van der Waals surface area contributed by atoms with Gasteiger partial charge >= 0.3 is 0 Å². The number of nitrogens with one attached hydrogen (secondary N) is 2. The Morgan fingerprint density at radius 2 is 1.91 bits per heavy atom. The van der Waals surface area contributed by atoms with E-state index in [1.54, 1.807) is 23.7 Å². The lowest BCUT2D eigenvalue weighted by Crippen LogP contribution is -2.31. The number of nitrogens with two attached hydrogens (primary N) is 1. The first-order valence-electron chi connectivity index (χ1n) is 11.0. The van der Waals surface area contributed by atoms with Gasteiger partial charge < -0.3 is 11.1 Å². The van der Waals surface area contributed by atoms with Gasteiger partial charge in [-0.25, -0.2) is 9.97 Å². The minimum absolute atomic E-state index is 0.0420. The first-order chi connectivity index (χ1) is 16.2. The number of hydrogen-bond acceptors (Lipinski definition) is 7. The van der Waals surface area contributed by atoms with Crippen LogP contribution in [0, 0.1) is 0 Å². The molecule has 5 aromatic rings. The van der Waals surface area contributed by atoms with E-state index < -0.39 is 0 Å². The molecule has 4 heterocycles. The summed E-state index contributed by atoms with van der Waals surface area (Å²) in [6, 6.07) is 16.2. The molecule has 0 saturated heterocycles. The lowest BCUT2D eigenvalue weighted by Gasteiger charge is -2.14. The van der Waals surface area contributed by atoms with E-state index in [1.807, 2.05) is 30.3 Å². The van der Waals surface area contributed by atoms with Crippen LogP contribution in [0.15, 0.2) is 66.3 Å². The highest BCUT2D eigenvalue weighted by molar-refractivity contribution is 7.18. The van der Waals surface area contributed by atoms with Crippen LogP contribution in [0.4, 0.5) is 5.82 Å². The Morgan fingerprint density at radius 1 is 1.09 bits per heavy atom. The second kappa shape index (κ2) is 9.48. The van der Waals surface area contributed by atoms with Crippen LogP contribution in [0.2, 0.25) is 0 Å². The van der Waals surface area contributed by atoms with E-state index >= 15 is 0 Å². The number of H-pyrrole nitrogens is 1. The van der Waals surface area contributed by atoms with Crippen molar-refractivity contribution in [1.82, 2.24) is 25.1 Å². The quantitative estimate of drug-likeness (QED) is 0.314. The Morgan fingerprint density at radius 3 is 2.67 bits per heavy atom. The van der Waals surface area contributed by atoms with Crippen molar-refractivity contribution in [2.45, 2.75) is 25.8 Å². The van der Waals surface area contributed by atoms with Gasteiger partial charge in [0.25, 0.3) is 0 Å². The topological polar surface area (TPSA) is 105 Å². The van der Waals surface area contributed by atoms with E-state index in [9.17, 15) is 0 Å². The summed E-state index contributed by atoms with van der Waals surface area (Å²) in [7, 11) is 0. The van der Waals surface area contributed by atoms with Gasteiger partial charge in [-0.2, -0.15) is 5.10 Å². The third-order valence-corrected chi connectivity index (χ3v) is 6.49. The molecule has 0 saturated carbocycles. The van der Waals surface area contributed by atoms with Crippen LogP contribution in [-0.4, -0.2) is 37.7 Å². The van der Waals surface area contributed by atoms with Crippen molar-refractivity contribution in [3.8, 4) is 22.6 Å². The minimum atomic E-state index is -0.0420. The molecule has 0 aliphatic carbocycles. The lowest BCUT2D eigenvalue weighted by atomic mass is 10.1. The van der Waals surface area contributed by atoms with Gasteiger partial charge in [-0.15, -0.1) is 11.3 Å². The predicted molar refractivity (Wildman–Crippen MR) is 134 cm³/mol. The van der Waals surface area contributed by atoms with Crippen molar-refractivity contribution in [2.24, 2.45) is 5.73 Å². The molecule has 1 unspecified atom stereocenters. The SMILES string of the molecule is CCc1cc(-c2csc3c(NCC(N)Cc4ccccc4)nc(-c4ccncc4)nc23)n[nH]1. The Balaban J connectivity index is 1.50. The Bertz CT molecular complexity index is 1350. The summed E-state index contributed by atoms with van der Waals surface area (Å²) in [5.74, 6) is 1.44. The number of fused-ring (bicyclic) bond motifs is 1. The molecule has 33 heavy (non-hydrogen) atoms. The zero-order valence-electron chi connectivity index (χ0n) is 18.3.